The van der Waals surface area contributed by atoms with Gasteiger partial charge in [-0.3, -0.25) is 0 Å². The van der Waals surface area contributed by atoms with Crippen molar-refractivity contribution in [1.82, 2.24) is 4.90 Å². The maximum Gasteiger partial charge on any atom is 0.143 e. The zero-order valence-corrected chi connectivity index (χ0v) is 11.6. The Labute approximate surface area is 115 Å². The van der Waals surface area contributed by atoms with Crippen LogP contribution in [0.4, 0.5) is 5.69 Å². The zero-order chi connectivity index (χ0) is 13.7. The summed E-state index contributed by atoms with van der Waals surface area (Å²) in [5.41, 5.74) is 1.47. The number of anilines is 1. The Morgan fingerprint density at radius 2 is 2.16 bits per heavy atom. The van der Waals surface area contributed by atoms with Gasteiger partial charge in [-0.1, -0.05) is 6.07 Å². The van der Waals surface area contributed by atoms with E-state index >= 15 is 0 Å². The summed E-state index contributed by atoms with van der Waals surface area (Å²) in [6.07, 6.45) is 2.42. The molecule has 0 radical (unpaired) electrons. The van der Waals surface area contributed by atoms with Crippen LogP contribution in [0.2, 0.25) is 0 Å². The lowest BCUT2D eigenvalue weighted by molar-refractivity contribution is 0.226. The van der Waals surface area contributed by atoms with Crippen LogP contribution in [-0.2, 0) is 0 Å². The van der Waals surface area contributed by atoms with Gasteiger partial charge in [-0.25, -0.2) is 0 Å². The van der Waals surface area contributed by atoms with Gasteiger partial charge in [-0.2, -0.15) is 5.26 Å². The molecule has 102 valence electrons. The van der Waals surface area contributed by atoms with Crippen LogP contribution in [0.15, 0.2) is 18.2 Å². The van der Waals surface area contributed by atoms with E-state index in [1.165, 1.54) is 12.8 Å². The fourth-order valence-corrected chi connectivity index (χ4v) is 2.49. The van der Waals surface area contributed by atoms with Crippen LogP contribution in [0.5, 0.6) is 5.75 Å². The van der Waals surface area contributed by atoms with Crippen molar-refractivity contribution in [1.29, 1.82) is 5.26 Å². The molecular formula is C15H21N3O. The number of piperidine rings is 1. The highest BCUT2D eigenvalue weighted by Crippen LogP contribution is 2.28. The number of nitrogens with zero attached hydrogens (tertiary/aromatic N) is 2. The number of hydrogen-bond acceptors (Lipinski definition) is 4. The lowest BCUT2D eigenvalue weighted by atomic mass is 9.97. The third kappa shape index (κ3) is 3.39. The van der Waals surface area contributed by atoms with Gasteiger partial charge in [-0.05, 0) is 51.0 Å². The predicted octanol–water partition coefficient (Wildman–Crippen LogP) is 2.32. The van der Waals surface area contributed by atoms with E-state index in [0.717, 1.165) is 31.1 Å². The van der Waals surface area contributed by atoms with Gasteiger partial charge in [0.05, 0.1) is 18.4 Å². The van der Waals surface area contributed by atoms with E-state index < -0.39 is 0 Å². The standard InChI is InChI=1S/C15H21N3O/c1-18-8-6-12(7-9-18)11-17-15-13(10-16)4-3-5-14(15)19-2/h3-5,12,17H,6-9,11H2,1-2H3. The minimum atomic E-state index is 0.646. The first-order valence-corrected chi connectivity index (χ1v) is 6.74. The molecule has 4 heteroatoms. The lowest BCUT2D eigenvalue weighted by Crippen LogP contribution is -2.33. The van der Waals surface area contributed by atoms with Crippen molar-refractivity contribution in [3.05, 3.63) is 23.8 Å². The average Bonchev–Trinajstić information content (AvgIpc) is 2.46. The van der Waals surface area contributed by atoms with Crippen molar-refractivity contribution >= 4 is 5.69 Å². The molecular weight excluding hydrogens is 238 g/mol. The van der Waals surface area contributed by atoms with Gasteiger partial charge in [0.25, 0.3) is 0 Å². The van der Waals surface area contributed by atoms with Crippen molar-refractivity contribution < 1.29 is 4.74 Å². The Kier molecular flexibility index (Phi) is 4.64. The fraction of sp³-hybridized carbons (Fsp3) is 0.533. The Bertz CT molecular complexity index is 459. The highest BCUT2D eigenvalue weighted by Gasteiger charge is 2.17. The minimum Gasteiger partial charge on any atom is -0.495 e. The van der Waals surface area contributed by atoms with Crippen LogP contribution in [0.3, 0.4) is 0 Å². The van der Waals surface area contributed by atoms with Crippen LogP contribution in [0, 0.1) is 17.2 Å². The summed E-state index contributed by atoms with van der Waals surface area (Å²) < 4.78 is 5.32. The molecule has 2 rings (SSSR count). The second kappa shape index (κ2) is 6.44. The molecule has 1 aliphatic heterocycles. The van der Waals surface area contributed by atoms with E-state index in [4.69, 9.17) is 10.00 Å². The first-order chi connectivity index (χ1) is 9.24. The molecule has 1 saturated heterocycles. The minimum absolute atomic E-state index is 0.646. The summed E-state index contributed by atoms with van der Waals surface area (Å²) in [4.78, 5) is 2.36. The van der Waals surface area contributed by atoms with Crippen LogP contribution in [0.25, 0.3) is 0 Å². The van der Waals surface area contributed by atoms with E-state index in [1.54, 1.807) is 7.11 Å². The third-order valence-electron chi connectivity index (χ3n) is 3.77. The molecule has 1 aliphatic rings. The number of methoxy groups -OCH3 is 1. The van der Waals surface area contributed by atoms with Crippen molar-refractivity contribution in [2.45, 2.75) is 12.8 Å². The van der Waals surface area contributed by atoms with Gasteiger partial charge < -0.3 is 15.0 Å². The highest BCUT2D eigenvalue weighted by atomic mass is 16.5. The topological polar surface area (TPSA) is 48.3 Å². The molecule has 1 fully saturated rings. The lowest BCUT2D eigenvalue weighted by Gasteiger charge is -2.29. The zero-order valence-electron chi connectivity index (χ0n) is 11.6. The van der Waals surface area contributed by atoms with Crippen LogP contribution >= 0.6 is 0 Å². The number of para-hydroxylation sites is 1. The molecule has 1 aromatic rings. The van der Waals surface area contributed by atoms with Crippen LogP contribution in [-0.4, -0.2) is 38.7 Å². The van der Waals surface area contributed by atoms with Gasteiger partial charge in [0, 0.05) is 6.54 Å². The number of likely N-dealkylation sites (tertiary alicyclic amines) is 1. The monoisotopic (exact) mass is 259 g/mol. The summed E-state index contributed by atoms with van der Waals surface area (Å²) >= 11 is 0. The summed E-state index contributed by atoms with van der Waals surface area (Å²) in [6, 6.07) is 7.77. The molecule has 0 amide bonds. The molecule has 0 saturated carbocycles. The fourth-order valence-electron chi connectivity index (χ4n) is 2.49. The van der Waals surface area contributed by atoms with Gasteiger partial charge in [-0.15, -0.1) is 0 Å². The second-order valence-corrected chi connectivity index (χ2v) is 5.12. The molecule has 0 spiro atoms. The highest BCUT2D eigenvalue weighted by molar-refractivity contribution is 5.66. The number of rotatable bonds is 4. The molecule has 0 aliphatic carbocycles. The average molecular weight is 259 g/mol. The first-order valence-electron chi connectivity index (χ1n) is 6.74. The number of nitrogens with one attached hydrogen (secondary N) is 1. The Hall–Kier alpha value is -1.73. The number of nitriles is 1. The van der Waals surface area contributed by atoms with Crippen molar-refractivity contribution in [2.24, 2.45) is 5.92 Å². The summed E-state index contributed by atoms with van der Waals surface area (Å²) in [6.45, 7) is 3.22. The molecule has 0 aromatic heterocycles. The Morgan fingerprint density at radius 3 is 2.79 bits per heavy atom. The van der Waals surface area contributed by atoms with E-state index in [0.29, 0.717) is 11.5 Å². The van der Waals surface area contributed by atoms with Crippen molar-refractivity contribution in [3.63, 3.8) is 0 Å². The molecule has 1 aromatic carbocycles. The number of hydrogen-bond donors (Lipinski definition) is 1. The van der Waals surface area contributed by atoms with Crippen LogP contribution < -0.4 is 10.1 Å². The second-order valence-electron chi connectivity index (χ2n) is 5.12. The van der Waals surface area contributed by atoms with Gasteiger partial charge in [0.15, 0.2) is 0 Å². The summed E-state index contributed by atoms with van der Waals surface area (Å²) in [7, 11) is 3.80. The van der Waals surface area contributed by atoms with E-state index in [1.807, 2.05) is 18.2 Å². The van der Waals surface area contributed by atoms with Gasteiger partial charge in [0.2, 0.25) is 0 Å². The SMILES string of the molecule is COc1cccc(C#N)c1NCC1CCN(C)CC1. The summed E-state index contributed by atoms with van der Waals surface area (Å²) in [5.74, 6) is 1.42. The van der Waals surface area contributed by atoms with E-state index in [2.05, 4.69) is 23.3 Å². The molecule has 0 atom stereocenters. The normalized spacial score (nSPS) is 16.9. The van der Waals surface area contributed by atoms with E-state index in [9.17, 15) is 0 Å². The smallest absolute Gasteiger partial charge is 0.143 e. The van der Waals surface area contributed by atoms with Gasteiger partial charge in [0.1, 0.15) is 11.8 Å². The third-order valence-corrected chi connectivity index (χ3v) is 3.77. The first kappa shape index (κ1) is 13.7. The van der Waals surface area contributed by atoms with Crippen molar-refractivity contribution in [3.8, 4) is 11.8 Å². The quantitative estimate of drug-likeness (QED) is 0.901. The maximum absolute atomic E-state index is 9.16. The summed E-state index contributed by atoms with van der Waals surface area (Å²) in [5, 5.41) is 12.6. The van der Waals surface area contributed by atoms with Crippen molar-refractivity contribution in [2.75, 3.05) is 39.1 Å². The number of benzene rings is 1. The van der Waals surface area contributed by atoms with Crippen LogP contribution in [0.1, 0.15) is 18.4 Å². The Morgan fingerprint density at radius 1 is 1.42 bits per heavy atom. The molecule has 1 heterocycles. The largest absolute Gasteiger partial charge is 0.495 e. The van der Waals surface area contributed by atoms with E-state index in [-0.39, 0.29) is 0 Å². The molecule has 0 unspecified atom stereocenters. The molecule has 19 heavy (non-hydrogen) atoms. The molecule has 1 N–H and O–H groups in total. The molecule has 0 bridgehead atoms. The van der Waals surface area contributed by atoms with Gasteiger partial charge >= 0.3 is 0 Å². The predicted molar refractivity (Wildman–Crippen MR) is 76.4 cm³/mol. The molecule has 4 nitrogen and oxygen atoms in total. The maximum atomic E-state index is 9.16. The number of ether oxygens (including phenoxy) is 1. The Balaban J connectivity index is 2.01.